The topological polar surface area (TPSA) is 176 Å². The molecule has 324 valence electrons. The number of halogens is 1. The van der Waals surface area contributed by atoms with E-state index >= 15 is 0 Å². The minimum absolute atomic E-state index is 0.0615. The number of rotatable bonds is 23. The van der Waals surface area contributed by atoms with Gasteiger partial charge in [-0.15, -0.1) is 11.3 Å². The molecule has 1 aliphatic heterocycles. The molecule has 7 atom stereocenters. The van der Waals surface area contributed by atoms with Crippen LogP contribution in [0.1, 0.15) is 140 Å². The zero-order chi connectivity index (χ0) is 42.9. The van der Waals surface area contributed by atoms with Gasteiger partial charge >= 0.3 is 5.97 Å². The smallest absolute Gasteiger partial charge is 0.303 e. The van der Waals surface area contributed by atoms with E-state index in [-0.39, 0.29) is 60.0 Å². The summed E-state index contributed by atoms with van der Waals surface area (Å²) < 4.78 is 19.6. The van der Waals surface area contributed by atoms with E-state index in [9.17, 15) is 28.4 Å². The molecule has 1 aromatic carbocycles. The number of carbonyl (C=O) groups excluding carboxylic acids is 5. The molecule has 15 heteroatoms. The Bertz CT molecular complexity index is 1620. The van der Waals surface area contributed by atoms with Crippen LogP contribution in [0.2, 0.25) is 0 Å². The van der Waals surface area contributed by atoms with Gasteiger partial charge in [-0.2, -0.15) is 0 Å². The van der Waals surface area contributed by atoms with Crippen molar-refractivity contribution in [3.8, 4) is 0 Å². The van der Waals surface area contributed by atoms with Crippen LogP contribution in [0.25, 0.3) is 0 Å². The van der Waals surface area contributed by atoms with Crippen molar-refractivity contribution in [1.29, 1.82) is 0 Å². The van der Waals surface area contributed by atoms with Crippen molar-refractivity contribution < 1.29 is 33.1 Å². The predicted octanol–water partition coefficient (Wildman–Crippen LogP) is 6.08. The van der Waals surface area contributed by atoms with Crippen LogP contribution < -0.4 is 21.9 Å². The van der Waals surface area contributed by atoms with Gasteiger partial charge in [-0.1, -0.05) is 85.8 Å². The molecule has 1 fully saturated rings. The normalized spacial score (nSPS) is 17.7. The second-order valence-corrected chi connectivity index (χ2v) is 17.2. The summed E-state index contributed by atoms with van der Waals surface area (Å²) in [5, 5.41) is 8.16. The van der Waals surface area contributed by atoms with Gasteiger partial charge in [0.25, 0.3) is 5.91 Å². The number of likely N-dealkylation sites (tertiary alicyclic amines) is 1. The summed E-state index contributed by atoms with van der Waals surface area (Å²) in [6.45, 7) is 14.5. The molecule has 1 aromatic heterocycles. The molecule has 0 radical (unpaired) electrons. The second kappa shape index (κ2) is 24.2. The van der Waals surface area contributed by atoms with Crippen molar-refractivity contribution >= 4 is 40.9 Å². The molecule has 1 aliphatic rings. The Balaban J connectivity index is 1.93. The van der Waals surface area contributed by atoms with Gasteiger partial charge in [0.15, 0.2) is 6.10 Å². The first-order valence-electron chi connectivity index (χ1n) is 21.1. The van der Waals surface area contributed by atoms with Crippen LogP contribution in [0.3, 0.4) is 0 Å². The average Bonchev–Trinajstić information content (AvgIpc) is 3.69. The first kappa shape index (κ1) is 48.4. The SMILES string of the molecule is CCCCCCN(C(=O)[C@@H](NC(=O)[C@H]1CCCCN1C)C(C)CC)[C@H](C[C@@H](OC(C)=O)c1nc(C(=O)N[C@@H](Cc2ccc(F)cc2)C[C@H](C)C(=O)NN)cs1)C(C)C. The number of esters is 1. The molecular formula is C43H68FN7O6S. The largest absolute Gasteiger partial charge is 0.455 e. The number of carbonyl (C=O) groups is 5. The molecule has 0 bridgehead atoms. The summed E-state index contributed by atoms with van der Waals surface area (Å²) in [6, 6.07) is 4.01. The molecule has 1 unspecified atom stereocenters. The van der Waals surface area contributed by atoms with Crippen molar-refractivity contribution in [1.82, 2.24) is 30.8 Å². The lowest BCUT2D eigenvalue weighted by molar-refractivity contribution is -0.149. The van der Waals surface area contributed by atoms with Gasteiger partial charge < -0.3 is 20.3 Å². The van der Waals surface area contributed by atoms with Gasteiger partial charge in [-0.25, -0.2) is 15.2 Å². The third-order valence-electron chi connectivity index (χ3n) is 11.3. The number of amides is 4. The number of nitrogens with one attached hydrogen (secondary N) is 3. The molecule has 4 amide bonds. The minimum Gasteiger partial charge on any atom is -0.455 e. The highest BCUT2D eigenvalue weighted by atomic mass is 32.1. The van der Waals surface area contributed by atoms with Crippen molar-refractivity contribution in [3.63, 3.8) is 0 Å². The Morgan fingerprint density at radius 1 is 1.02 bits per heavy atom. The van der Waals surface area contributed by atoms with E-state index in [0.717, 1.165) is 57.1 Å². The van der Waals surface area contributed by atoms with E-state index in [1.165, 1.54) is 30.4 Å². The van der Waals surface area contributed by atoms with Crippen LogP contribution in [0.15, 0.2) is 29.6 Å². The molecule has 5 N–H and O–H groups in total. The fraction of sp³-hybridized carbons (Fsp3) is 0.674. The standard InChI is InChI=1S/C43H68FN7O6S/c1-9-11-12-14-22-51(43(56)38(28(5)10-2)48-41(55)35-16-13-15-21-50(35)8)36(27(3)4)25-37(57-30(7)52)42-47-34(26-58-42)40(54)46-33(23-29(6)39(53)49-45)24-31-17-19-32(44)20-18-31/h17-20,26-29,33,35-38H,9-16,21-25,45H2,1-8H3,(H,46,54)(H,48,55)(H,49,53)/t28?,29-,33+,35+,36+,37+,38-/m0/s1. The Hall–Kier alpha value is -3.95. The fourth-order valence-electron chi connectivity index (χ4n) is 7.62. The molecule has 3 rings (SSSR count). The van der Waals surface area contributed by atoms with Crippen LogP contribution in [0.4, 0.5) is 4.39 Å². The molecule has 2 aromatic rings. The Kier molecular flexibility index (Phi) is 20.2. The fourth-order valence-corrected chi connectivity index (χ4v) is 8.46. The molecule has 58 heavy (non-hydrogen) atoms. The average molecular weight is 830 g/mol. The van der Waals surface area contributed by atoms with Gasteiger partial charge in [0.1, 0.15) is 22.6 Å². The summed E-state index contributed by atoms with van der Waals surface area (Å²) in [5.74, 6) is 2.60. The summed E-state index contributed by atoms with van der Waals surface area (Å²) >= 11 is 1.18. The number of hydrogen-bond acceptors (Lipinski definition) is 10. The van der Waals surface area contributed by atoms with E-state index in [1.54, 1.807) is 24.4 Å². The summed E-state index contributed by atoms with van der Waals surface area (Å²) in [6.07, 6.45) is 7.17. The summed E-state index contributed by atoms with van der Waals surface area (Å²) in [5.41, 5.74) is 3.03. The highest BCUT2D eigenvalue weighted by molar-refractivity contribution is 7.09. The number of nitrogens with zero attached hydrogens (tertiary/aromatic N) is 3. The number of hydrazine groups is 1. The summed E-state index contributed by atoms with van der Waals surface area (Å²) in [7, 11) is 1.96. The zero-order valence-electron chi connectivity index (χ0n) is 35.9. The molecule has 0 aliphatic carbocycles. The van der Waals surface area contributed by atoms with Crippen molar-refractivity contribution in [2.24, 2.45) is 23.6 Å². The van der Waals surface area contributed by atoms with E-state index in [2.05, 4.69) is 32.9 Å². The molecular weight excluding hydrogens is 762 g/mol. The van der Waals surface area contributed by atoms with Crippen LogP contribution in [-0.2, 0) is 30.3 Å². The van der Waals surface area contributed by atoms with E-state index in [4.69, 9.17) is 10.6 Å². The number of nitrogens with two attached hydrogens (primary N) is 1. The number of aromatic nitrogens is 1. The van der Waals surface area contributed by atoms with Crippen LogP contribution >= 0.6 is 11.3 Å². The lowest BCUT2D eigenvalue weighted by Crippen LogP contribution is -2.59. The Labute approximate surface area is 348 Å². The quantitative estimate of drug-likeness (QED) is 0.0340. The molecule has 2 heterocycles. The number of benzene rings is 1. The maximum Gasteiger partial charge on any atom is 0.303 e. The first-order chi connectivity index (χ1) is 27.6. The van der Waals surface area contributed by atoms with E-state index in [0.29, 0.717) is 24.4 Å². The van der Waals surface area contributed by atoms with Gasteiger partial charge in [-0.05, 0) is 75.2 Å². The lowest BCUT2D eigenvalue weighted by Gasteiger charge is -2.40. The first-order valence-corrected chi connectivity index (χ1v) is 22.0. The summed E-state index contributed by atoms with van der Waals surface area (Å²) in [4.78, 5) is 75.8. The van der Waals surface area contributed by atoms with Crippen LogP contribution in [0, 0.1) is 23.6 Å². The van der Waals surface area contributed by atoms with Crippen LogP contribution in [-0.4, -0.2) is 88.7 Å². The number of hydrogen-bond donors (Lipinski definition) is 4. The minimum atomic E-state index is -0.863. The third-order valence-corrected chi connectivity index (χ3v) is 12.2. The highest BCUT2D eigenvalue weighted by Crippen LogP contribution is 2.32. The van der Waals surface area contributed by atoms with Crippen molar-refractivity contribution in [2.75, 3.05) is 20.1 Å². The van der Waals surface area contributed by atoms with E-state index in [1.807, 2.05) is 39.6 Å². The number of likely N-dealkylation sites (N-methyl/N-ethyl adjacent to an activating group) is 1. The van der Waals surface area contributed by atoms with Crippen molar-refractivity contribution in [2.45, 2.75) is 149 Å². The highest BCUT2D eigenvalue weighted by Gasteiger charge is 2.38. The Morgan fingerprint density at radius 3 is 2.33 bits per heavy atom. The number of piperidine rings is 1. The second-order valence-electron chi connectivity index (χ2n) is 16.3. The van der Waals surface area contributed by atoms with Crippen LogP contribution in [0.5, 0.6) is 0 Å². The zero-order valence-corrected chi connectivity index (χ0v) is 36.7. The number of ether oxygens (including phenoxy) is 1. The van der Waals surface area contributed by atoms with Crippen molar-refractivity contribution in [3.05, 3.63) is 51.7 Å². The lowest BCUT2D eigenvalue weighted by atomic mass is 9.91. The molecule has 0 saturated carbocycles. The third kappa shape index (κ3) is 14.7. The molecule has 0 spiro atoms. The van der Waals surface area contributed by atoms with Gasteiger partial charge in [0.05, 0.1) is 6.04 Å². The maximum absolute atomic E-state index is 14.8. The predicted molar refractivity (Wildman–Crippen MR) is 225 cm³/mol. The van der Waals surface area contributed by atoms with Gasteiger partial charge in [0.2, 0.25) is 17.7 Å². The number of unbranched alkanes of at least 4 members (excludes halogenated alkanes) is 3. The molecule has 1 saturated heterocycles. The maximum atomic E-state index is 14.8. The monoisotopic (exact) mass is 829 g/mol. The van der Waals surface area contributed by atoms with E-state index < -0.39 is 42.0 Å². The Morgan fingerprint density at radius 2 is 1.72 bits per heavy atom. The molecule has 13 nitrogen and oxygen atoms in total. The number of thiazole rings is 1. The van der Waals surface area contributed by atoms with Gasteiger partial charge in [-0.3, -0.25) is 34.3 Å². The van der Waals surface area contributed by atoms with Gasteiger partial charge in [0, 0.05) is 43.3 Å².